The van der Waals surface area contributed by atoms with E-state index in [4.69, 9.17) is 14.5 Å². The van der Waals surface area contributed by atoms with Crippen molar-refractivity contribution in [3.05, 3.63) is 23.4 Å². The van der Waals surface area contributed by atoms with E-state index in [9.17, 15) is 14.7 Å². The lowest BCUT2D eigenvalue weighted by atomic mass is 10.0. The lowest BCUT2D eigenvalue weighted by molar-refractivity contribution is -0.139. The van der Waals surface area contributed by atoms with Crippen LogP contribution < -0.4 is 10.6 Å². The summed E-state index contributed by atoms with van der Waals surface area (Å²) in [7, 11) is 0. The first-order valence-corrected chi connectivity index (χ1v) is 12.9. The van der Waals surface area contributed by atoms with Gasteiger partial charge in [0.1, 0.15) is 17.5 Å². The molecule has 9 nitrogen and oxygen atoms in total. The number of rotatable bonds is 13. The molecule has 35 heavy (non-hydrogen) atoms. The maximum absolute atomic E-state index is 12.1. The first kappa shape index (κ1) is 27.2. The fourth-order valence-electron chi connectivity index (χ4n) is 4.32. The van der Waals surface area contributed by atoms with Crippen LogP contribution in [0.1, 0.15) is 64.1 Å². The largest absolute Gasteiger partial charge is 0.480 e. The lowest BCUT2D eigenvalue weighted by Crippen LogP contribution is -2.45. The van der Waals surface area contributed by atoms with Crippen LogP contribution >= 0.6 is 0 Å². The molecule has 0 spiro atoms. The molecule has 3 N–H and O–H groups in total. The van der Waals surface area contributed by atoms with Crippen molar-refractivity contribution in [2.45, 2.75) is 77.4 Å². The Morgan fingerprint density at radius 3 is 2.74 bits per heavy atom. The minimum absolute atomic E-state index is 0.327. The number of hydrogen-bond acceptors (Lipinski definition) is 7. The average Bonchev–Trinajstić information content (AvgIpc) is 2.76. The molecule has 1 fully saturated rings. The monoisotopic (exact) mass is 490 g/mol. The molecule has 1 saturated heterocycles. The third-order valence-electron chi connectivity index (χ3n) is 6.39. The maximum atomic E-state index is 12.1. The summed E-state index contributed by atoms with van der Waals surface area (Å²) in [6.45, 7) is 10.3. The lowest BCUT2D eigenvalue weighted by Gasteiger charge is -2.30. The molecular weight excluding hydrogens is 448 g/mol. The molecule has 3 rings (SSSR count). The fourth-order valence-corrected chi connectivity index (χ4v) is 4.32. The van der Waals surface area contributed by atoms with E-state index in [1.54, 1.807) is 20.8 Å². The number of carboxylic acid groups (broad SMARTS) is 1. The van der Waals surface area contributed by atoms with Crippen LogP contribution in [0, 0.1) is 5.92 Å². The van der Waals surface area contributed by atoms with Gasteiger partial charge in [0.25, 0.3) is 0 Å². The molecule has 1 atom stereocenters. The molecule has 196 valence electrons. The number of aromatic nitrogens is 1. The van der Waals surface area contributed by atoms with E-state index in [0.717, 1.165) is 82.9 Å². The van der Waals surface area contributed by atoms with E-state index in [1.165, 1.54) is 5.56 Å². The van der Waals surface area contributed by atoms with Crippen molar-refractivity contribution in [1.82, 2.24) is 15.2 Å². The highest BCUT2D eigenvalue weighted by Gasteiger charge is 2.25. The van der Waals surface area contributed by atoms with Crippen molar-refractivity contribution in [3.8, 4) is 0 Å². The molecular formula is C26H42N4O5. The summed E-state index contributed by atoms with van der Waals surface area (Å²) in [4.78, 5) is 30.9. The number of alkyl carbamates (subject to hydrolysis) is 1. The molecule has 1 amide bonds. The highest BCUT2D eigenvalue weighted by Crippen LogP contribution is 2.20. The third-order valence-corrected chi connectivity index (χ3v) is 6.39. The number of nitrogens with zero attached hydrogens (tertiary/aromatic N) is 2. The van der Waals surface area contributed by atoms with E-state index in [-0.39, 0.29) is 0 Å². The number of pyridine rings is 1. The third kappa shape index (κ3) is 9.64. The first-order chi connectivity index (χ1) is 16.7. The second kappa shape index (κ2) is 13.1. The summed E-state index contributed by atoms with van der Waals surface area (Å²) >= 11 is 0. The number of hydrogen-bond donors (Lipinski definition) is 3. The maximum Gasteiger partial charge on any atom is 0.408 e. The Morgan fingerprint density at radius 2 is 2.06 bits per heavy atom. The van der Waals surface area contributed by atoms with Crippen LogP contribution in [0.2, 0.25) is 0 Å². The smallest absolute Gasteiger partial charge is 0.408 e. The SMILES string of the molecule is CC(C)(C)OC(=O)N[C@@H](CCN(CCCCc1ccc2c(n1)NCCC2)CCC1COC1)C(=O)O. The molecule has 1 aromatic rings. The summed E-state index contributed by atoms with van der Waals surface area (Å²) in [5.41, 5.74) is 1.75. The van der Waals surface area contributed by atoms with Crippen LogP contribution in [0.4, 0.5) is 10.6 Å². The van der Waals surface area contributed by atoms with E-state index < -0.39 is 23.7 Å². The summed E-state index contributed by atoms with van der Waals surface area (Å²) < 4.78 is 10.5. The number of nitrogens with one attached hydrogen (secondary N) is 2. The Balaban J connectivity index is 1.46. The molecule has 3 heterocycles. The van der Waals surface area contributed by atoms with E-state index in [0.29, 0.717) is 18.9 Å². The number of aryl methyl sites for hydroxylation is 2. The Hall–Kier alpha value is -2.39. The minimum atomic E-state index is -1.05. The fraction of sp³-hybridized carbons (Fsp3) is 0.731. The average molecular weight is 491 g/mol. The normalized spacial score (nSPS) is 16.7. The zero-order chi connectivity index (χ0) is 25.3. The molecule has 0 aromatic carbocycles. The number of anilines is 1. The topological polar surface area (TPSA) is 113 Å². The quantitative estimate of drug-likeness (QED) is 0.360. The highest BCUT2D eigenvalue weighted by molar-refractivity contribution is 5.80. The summed E-state index contributed by atoms with van der Waals surface area (Å²) in [5, 5.41) is 15.5. The van der Waals surface area contributed by atoms with Gasteiger partial charge < -0.3 is 30.1 Å². The highest BCUT2D eigenvalue weighted by atomic mass is 16.6. The van der Waals surface area contributed by atoms with Gasteiger partial charge in [-0.2, -0.15) is 0 Å². The van der Waals surface area contributed by atoms with Gasteiger partial charge in [0.05, 0.1) is 13.2 Å². The van der Waals surface area contributed by atoms with Crippen molar-refractivity contribution in [1.29, 1.82) is 0 Å². The van der Waals surface area contributed by atoms with Gasteiger partial charge in [0.15, 0.2) is 0 Å². The molecule has 0 bridgehead atoms. The summed E-state index contributed by atoms with van der Waals surface area (Å²) in [6, 6.07) is 3.35. The van der Waals surface area contributed by atoms with Crippen LogP contribution in [-0.2, 0) is 27.1 Å². The zero-order valence-corrected chi connectivity index (χ0v) is 21.5. The molecule has 1 aromatic heterocycles. The molecule has 0 saturated carbocycles. The molecule has 9 heteroatoms. The van der Waals surface area contributed by atoms with E-state index in [2.05, 4.69) is 27.7 Å². The van der Waals surface area contributed by atoms with Gasteiger partial charge >= 0.3 is 12.1 Å². The van der Waals surface area contributed by atoms with E-state index >= 15 is 0 Å². The summed E-state index contributed by atoms with van der Waals surface area (Å²) in [6.07, 6.45) is 5.87. The van der Waals surface area contributed by atoms with Crippen molar-refractivity contribution in [3.63, 3.8) is 0 Å². The number of carboxylic acids is 1. The molecule has 2 aliphatic rings. The van der Waals surface area contributed by atoms with Crippen LogP contribution in [0.5, 0.6) is 0 Å². The minimum Gasteiger partial charge on any atom is -0.480 e. The van der Waals surface area contributed by atoms with Crippen LogP contribution in [-0.4, -0.2) is 78.1 Å². The van der Waals surface area contributed by atoms with Gasteiger partial charge in [-0.1, -0.05) is 6.07 Å². The second-order valence-electron chi connectivity index (χ2n) is 10.7. The van der Waals surface area contributed by atoms with Crippen molar-refractivity contribution in [2.24, 2.45) is 5.92 Å². The van der Waals surface area contributed by atoms with Gasteiger partial charge in [-0.3, -0.25) is 0 Å². The van der Waals surface area contributed by atoms with Gasteiger partial charge in [-0.05, 0) is 90.4 Å². The first-order valence-electron chi connectivity index (χ1n) is 12.9. The Morgan fingerprint density at radius 1 is 1.26 bits per heavy atom. The number of unbranched alkanes of at least 4 members (excludes halogenated alkanes) is 1. The van der Waals surface area contributed by atoms with Crippen molar-refractivity contribution < 1.29 is 24.2 Å². The van der Waals surface area contributed by atoms with Gasteiger partial charge in [-0.15, -0.1) is 0 Å². The van der Waals surface area contributed by atoms with Crippen LogP contribution in [0.15, 0.2) is 12.1 Å². The molecule has 0 aliphatic carbocycles. The predicted octanol–water partition coefficient (Wildman–Crippen LogP) is 3.47. The predicted molar refractivity (Wildman–Crippen MR) is 135 cm³/mol. The van der Waals surface area contributed by atoms with Crippen LogP contribution in [0.25, 0.3) is 0 Å². The number of carbonyl (C=O) groups excluding carboxylic acids is 1. The Bertz CT molecular complexity index is 838. The van der Waals surface area contributed by atoms with E-state index in [1.807, 2.05) is 0 Å². The van der Waals surface area contributed by atoms with Gasteiger partial charge in [0.2, 0.25) is 0 Å². The van der Waals surface area contributed by atoms with Crippen molar-refractivity contribution >= 4 is 17.9 Å². The second-order valence-corrected chi connectivity index (χ2v) is 10.7. The number of amides is 1. The number of carbonyl (C=O) groups is 2. The number of ether oxygens (including phenoxy) is 2. The molecule has 0 radical (unpaired) electrons. The Kier molecular flexibility index (Phi) is 10.2. The molecule has 2 aliphatic heterocycles. The summed E-state index contributed by atoms with van der Waals surface area (Å²) in [5.74, 6) is 0.574. The van der Waals surface area contributed by atoms with Crippen LogP contribution in [0.3, 0.4) is 0 Å². The zero-order valence-electron chi connectivity index (χ0n) is 21.5. The van der Waals surface area contributed by atoms with Crippen molar-refractivity contribution in [2.75, 3.05) is 44.7 Å². The van der Waals surface area contributed by atoms with Gasteiger partial charge in [0, 0.05) is 24.7 Å². The Labute approximate surface area is 209 Å². The number of fused-ring (bicyclic) bond motifs is 1. The van der Waals surface area contributed by atoms with Gasteiger partial charge in [-0.25, -0.2) is 14.6 Å². The number of aliphatic carboxylic acids is 1. The standard InChI is InChI=1S/C26H42N4O5/c1-26(2,3)35-25(33)29-22(24(31)32)12-16-30(15-11-19-17-34-18-19)14-5-4-8-21-10-9-20-7-6-13-27-23(20)28-21/h9-10,19,22H,4-8,11-18H2,1-3H3,(H,27,28)(H,29,33)(H,31,32)/t22-/m0/s1. The molecule has 0 unspecified atom stereocenters.